The molecule has 2 aliphatic heterocycles. The number of hydrogen-bond donors (Lipinski definition) is 0. The zero-order chi connectivity index (χ0) is 9.64. The fraction of sp³-hybridized carbons (Fsp3) is 0.833. The molecule has 0 N–H and O–H groups in total. The predicted octanol–water partition coefficient (Wildman–Crippen LogP) is 2.43. The summed E-state index contributed by atoms with van der Waals surface area (Å²) in [7, 11) is 0. The van der Waals surface area contributed by atoms with Gasteiger partial charge >= 0.3 is 0 Å². The molecule has 0 aromatic rings. The highest BCUT2D eigenvalue weighted by molar-refractivity contribution is 4.85. The van der Waals surface area contributed by atoms with Gasteiger partial charge in [0.25, 0.3) is 0 Å². The van der Waals surface area contributed by atoms with E-state index in [1.807, 2.05) is 0 Å². The van der Waals surface area contributed by atoms with Gasteiger partial charge in [0, 0.05) is 38.6 Å². The fourth-order valence-corrected chi connectivity index (χ4v) is 2.32. The van der Waals surface area contributed by atoms with Crippen molar-refractivity contribution in [1.82, 2.24) is 9.80 Å². The molecule has 0 unspecified atom stereocenters. The average Bonchev–Trinajstić information content (AvgIpc) is 2.29. The smallest absolute Gasteiger partial charge is 0.0173 e. The van der Waals surface area contributed by atoms with Gasteiger partial charge in [-0.3, -0.25) is 0 Å². The molecule has 2 fully saturated rings. The van der Waals surface area contributed by atoms with Gasteiger partial charge in [0.05, 0.1) is 0 Å². The van der Waals surface area contributed by atoms with Gasteiger partial charge < -0.3 is 9.80 Å². The number of rotatable bonds is 2. The van der Waals surface area contributed by atoms with E-state index in [0.29, 0.717) is 0 Å². The van der Waals surface area contributed by atoms with Crippen LogP contribution in [0.5, 0.6) is 0 Å². The maximum Gasteiger partial charge on any atom is 0.0173 e. The van der Waals surface area contributed by atoms with Crippen molar-refractivity contribution in [1.29, 1.82) is 0 Å². The minimum absolute atomic E-state index is 1.27. The third kappa shape index (κ3) is 2.93. The fourth-order valence-electron chi connectivity index (χ4n) is 2.32. The molecule has 0 bridgehead atoms. The van der Waals surface area contributed by atoms with Crippen LogP contribution >= 0.6 is 0 Å². The van der Waals surface area contributed by atoms with Gasteiger partial charge in [0.1, 0.15) is 0 Å². The molecule has 2 heteroatoms. The van der Waals surface area contributed by atoms with Gasteiger partial charge in [-0.1, -0.05) is 0 Å². The standard InChI is InChI=1S/C12H22N2/c1-3-7-13(8-4-1)11-12-14-9-5-2-6-10-14/h11-12H,1-10H2. The second-order valence-electron chi connectivity index (χ2n) is 4.49. The van der Waals surface area contributed by atoms with Crippen LogP contribution in [0.3, 0.4) is 0 Å². The van der Waals surface area contributed by atoms with E-state index in [0.717, 1.165) is 0 Å². The Morgan fingerprint density at radius 3 is 1.21 bits per heavy atom. The van der Waals surface area contributed by atoms with E-state index in [2.05, 4.69) is 22.2 Å². The average molecular weight is 194 g/mol. The minimum atomic E-state index is 1.27. The third-order valence-electron chi connectivity index (χ3n) is 3.27. The SMILES string of the molecule is C(=CN1CCCCC1)N1CCCCC1. The molecule has 14 heavy (non-hydrogen) atoms. The summed E-state index contributed by atoms with van der Waals surface area (Å²) in [6, 6.07) is 0. The molecule has 2 rings (SSSR count). The largest absolute Gasteiger partial charge is 0.376 e. The lowest BCUT2D eigenvalue weighted by molar-refractivity contribution is 0.280. The number of likely N-dealkylation sites (tertiary alicyclic amines) is 2. The Morgan fingerprint density at radius 1 is 0.500 bits per heavy atom. The van der Waals surface area contributed by atoms with E-state index >= 15 is 0 Å². The Labute approximate surface area is 87.6 Å². The van der Waals surface area contributed by atoms with Crippen molar-refractivity contribution in [2.75, 3.05) is 26.2 Å². The quantitative estimate of drug-likeness (QED) is 0.666. The molecule has 0 spiro atoms. The molecule has 0 aromatic heterocycles. The van der Waals surface area contributed by atoms with Crippen LogP contribution in [0.25, 0.3) is 0 Å². The molecule has 0 amide bonds. The predicted molar refractivity (Wildman–Crippen MR) is 60.0 cm³/mol. The molecule has 0 atom stereocenters. The second-order valence-corrected chi connectivity index (χ2v) is 4.49. The molecule has 0 aliphatic carbocycles. The highest BCUT2D eigenvalue weighted by Crippen LogP contribution is 2.11. The summed E-state index contributed by atoms with van der Waals surface area (Å²) in [4.78, 5) is 4.94. The molecule has 2 heterocycles. The molecule has 0 radical (unpaired) electrons. The maximum atomic E-state index is 2.47. The summed E-state index contributed by atoms with van der Waals surface area (Å²) in [5.74, 6) is 0. The lowest BCUT2D eigenvalue weighted by Gasteiger charge is -2.28. The van der Waals surface area contributed by atoms with Crippen LogP contribution in [0, 0.1) is 0 Å². The molecule has 2 aliphatic rings. The molecule has 0 aromatic carbocycles. The van der Waals surface area contributed by atoms with E-state index in [1.165, 1.54) is 64.7 Å². The van der Waals surface area contributed by atoms with Crippen molar-refractivity contribution in [2.24, 2.45) is 0 Å². The van der Waals surface area contributed by atoms with Crippen molar-refractivity contribution >= 4 is 0 Å². The van der Waals surface area contributed by atoms with Crippen LogP contribution in [-0.2, 0) is 0 Å². The van der Waals surface area contributed by atoms with Crippen LogP contribution in [0.15, 0.2) is 12.4 Å². The molecule has 2 nitrogen and oxygen atoms in total. The first kappa shape index (κ1) is 9.88. The molecule has 2 saturated heterocycles. The van der Waals surface area contributed by atoms with E-state index in [4.69, 9.17) is 0 Å². The summed E-state index contributed by atoms with van der Waals surface area (Å²) in [6.07, 6.45) is 13.0. The molecule has 80 valence electrons. The van der Waals surface area contributed by atoms with Crippen LogP contribution in [0.1, 0.15) is 38.5 Å². The van der Waals surface area contributed by atoms with Crippen LogP contribution in [0.4, 0.5) is 0 Å². The van der Waals surface area contributed by atoms with Crippen molar-refractivity contribution in [3.8, 4) is 0 Å². The Balaban J connectivity index is 1.73. The van der Waals surface area contributed by atoms with Crippen LogP contribution in [0.2, 0.25) is 0 Å². The Kier molecular flexibility index (Phi) is 3.72. The van der Waals surface area contributed by atoms with Crippen molar-refractivity contribution in [2.45, 2.75) is 38.5 Å². The van der Waals surface area contributed by atoms with Gasteiger partial charge in [-0.2, -0.15) is 0 Å². The Morgan fingerprint density at radius 2 is 0.857 bits per heavy atom. The normalized spacial score (nSPS) is 24.6. The molecule has 0 saturated carbocycles. The first-order chi connectivity index (χ1) is 6.95. The van der Waals surface area contributed by atoms with E-state index in [-0.39, 0.29) is 0 Å². The number of piperidine rings is 2. The van der Waals surface area contributed by atoms with Gasteiger partial charge in [0.2, 0.25) is 0 Å². The third-order valence-corrected chi connectivity index (χ3v) is 3.27. The summed E-state index contributed by atoms with van der Waals surface area (Å²) >= 11 is 0. The van der Waals surface area contributed by atoms with Crippen LogP contribution in [-0.4, -0.2) is 36.0 Å². The van der Waals surface area contributed by atoms with Crippen LogP contribution < -0.4 is 0 Å². The van der Waals surface area contributed by atoms with Crippen molar-refractivity contribution in [3.63, 3.8) is 0 Å². The summed E-state index contributed by atoms with van der Waals surface area (Å²) in [5.41, 5.74) is 0. The summed E-state index contributed by atoms with van der Waals surface area (Å²) < 4.78 is 0. The lowest BCUT2D eigenvalue weighted by atomic mass is 10.1. The topological polar surface area (TPSA) is 6.48 Å². The maximum absolute atomic E-state index is 2.47. The Hall–Kier alpha value is -0.660. The highest BCUT2D eigenvalue weighted by atomic mass is 15.2. The Bertz CT molecular complexity index is 157. The minimum Gasteiger partial charge on any atom is -0.376 e. The number of hydrogen-bond acceptors (Lipinski definition) is 2. The first-order valence-electron chi connectivity index (χ1n) is 6.11. The second kappa shape index (κ2) is 5.28. The van der Waals surface area contributed by atoms with Gasteiger partial charge in [0.15, 0.2) is 0 Å². The lowest BCUT2D eigenvalue weighted by Crippen LogP contribution is -2.28. The zero-order valence-corrected chi connectivity index (χ0v) is 9.12. The molecular formula is C12H22N2. The molecular weight excluding hydrogens is 172 g/mol. The monoisotopic (exact) mass is 194 g/mol. The highest BCUT2D eigenvalue weighted by Gasteiger charge is 2.07. The zero-order valence-electron chi connectivity index (χ0n) is 9.12. The van der Waals surface area contributed by atoms with Gasteiger partial charge in [-0.15, -0.1) is 0 Å². The van der Waals surface area contributed by atoms with Crippen molar-refractivity contribution < 1.29 is 0 Å². The van der Waals surface area contributed by atoms with Gasteiger partial charge in [-0.25, -0.2) is 0 Å². The van der Waals surface area contributed by atoms with E-state index in [1.54, 1.807) is 0 Å². The first-order valence-corrected chi connectivity index (χ1v) is 6.11. The summed E-state index contributed by atoms with van der Waals surface area (Å²) in [6.45, 7) is 5.07. The summed E-state index contributed by atoms with van der Waals surface area (Å²) in [5, 5.41) is 0. The van der Waals surface area contributed by atoms with E-state index in [9.17, 15) is 0 Å². The van der Waals surface area contributed by atoms with Gasteiger partial charge in [-0.05, 0) is 38.5 Å². The van der Waals surface area contributed by atoms with E-state index < -0.39 is 0 Å². The number of nitrogens with zero attached hydrogens (tertiary/aromatic N) is 2. The van der Waals surface area contributed by atoms with Crippen molar-refractivity contribution in [3.05, 3.63) is 12.4 Å².